The van der Waals surface area contributed by atoms with Gasteiger partial charge in [0.2, 0.25) is 5.78 Å². The van der Waals surface area contributed by atoms with Crippen molar-refractivity contribution < 1.29 is 22.3 Å². The number of carbonyl (C=O) groups is 1. The van der Waals surface area contributed by atoms with Gasteiger partial charge in [0.25, 0.3) is 10.2 Å². The molecular weight excluding hydrogens is 397 g/mol. The first-order chi connectivity index (χ1) is 13.7. The number of hydrogen-bond donors (Lipinski definition) is 3. The van der Waals surface area contributed by atoms with Gasteiger partial charge in [0.1, 0.15) is 11.6 Å². The van der Waals surface area contributed by atoms with Crippen LogP contribution >= 0.6 is 0 Å². The van der Waals surface area contributed by atoms with Crippen LogP contribution in [-0.4, -0.2) is 26.3 Å². The predicted molar refractivity (Wildman–Crippen MR) is 108 cm³/mol. The van der Waals surface area contributed by atoms with Crippen LogP contribution in [0.15, 0.2) is 54.6 Å². The van der Waals surface area contributed by atoms with Crippen LogP contribution in [0.2, 0.25) is 0 Å². The number of nitrogens with two attached hydrogens (primary N) is 1. The number of halogens is 1. The number of rotatable bonds is 7. The fourth-order valence-electron chi connectivity index (χ4n) is 2.97. The maximum Gasteiger partial charge on any atom is 0.296 e. The minimum absolute atomic E-state index is 0.0304. The largest absolute Gasteiger partial charge is 0.497 e. The van der Waals surface area contributed by atoms with E-state index in [0.717, 1.165) is 6.07 Å². The fourth-order valence-corrected chi connectivity index (χ4v) is 3.42. The van der Waals surface area contributed by atoms with Gasteiger partial charge in [0.05, 0.1) is 18.5 Å². The first kappa shape index (κ1) is 20.6. The van der Waals surface area contributed by atoms with Gasteiger partial charge in [-0.2, -0.15) is 8.42 Å². The third kappa shape index (κ3) is 4.82. The Kier molecular flexibility index (Phi) is 5.71. The topological polar surface area (TPSA) is 114 Å². The molecule has 152 valence electrons. The van der Waals surface area contributed by atoms with E-state index >= 15 is 0 Å². The van der Waals surface area contributed by atoms with E-state index < -0.39 is 21.9 Å². The Morgan fingerprint density at radius 2 is 1.83 bits per heavy atom. The van der Waals surface area contributed by atoms with Crippen molar-refractivity contribution in [2.24, 2.45) is 5.14 Å². The van der Waals surface area contributed by atoms with Crippen LogP contribution in [0.1, 0.15) is 40.2 Å². The van der Waals surface area contributed by atoms with Crippen LogP contribution in [0, 0.1) is 5.82 Å². The summed E-state index contributed by atoms with van der Waals surface area (Å²) in [6.45, 7) is 1.78. The van der Waals surface area contributed by atoms with Crippen LogP contribution in [-0.2, 0) is 10.2 Å². The molecule has 1 aromatic heterocycles. The van der Waals surface area contributed by atoms with E-state index in [0.29, 0.717) is 28.3 Å². The summed E-state index contributed by atoms with van der Waals surface area (Å²) in [5, 5.41) is 4.90. The molecule has 3 aromatic rings. The molecule has 0 fully saturated rings. The van der Waals surface area contributed by atoms with Crippen molar-refractivity contribution in [3.8, 4) is 5.75 Å². The van der Waals surface area contributed by atoms with Crippen molar-refractivity contribution >= 4 is 21.7 Å². The molecule has 0 amide bonds. The highest BCUT2D eigenvalue weighted by Gasteiger charge is 2.18. The van der Waals surface area contributed by atoms with Crippen LogP contribution in [0.25, 0.3) is 0 Å². The summed E-state index contributed by atoms with van der Waals surface area (Å²) in [6.07, 6.45) is 0. The number of carbonyl (C=O) groups excluding carboxylic acids is 1. The molecule has 0 aliphatic rings. The van der Waals surface area contributed by atoms with Gasteiger partial charge in [-0.1, -0.05) is 13.0 Å². The summed E-state index contributed by atoms with van der Waals surface area (Å²) in [7, 11) is -2.44. The molecule has 1 heterocycles. The summed E-state index contributed by atoms with van der Waals surface area (Å²) >= 11 is 0. The van der Waals surface area contributed by atoms with Crippen molar-refractivity contribution in [1.82, 2.24) is 4.98 Å². The smallest absolute Gasteiger partial charge is 0.296 e. The van der Waals surface area contributed by atoms with E-state index in [4.69, 9.17) is 9.88 Å². The number of ether oxygens (including phenoxy) is 1. The number of H-pyrrole nitrogens is 1. The van der Waals surface area contributed by atoms with Crippen molar-refractivity contribution in [1.29, 1.82) is 0 Å². The Balaban J connectivity index is 1.81. The summed E-state index contributed by atoms with van der Waals surface area (Å²) < 4.78 is 43.7. The third-order valence-corrected chi connectivity index (χ3v) is 5.02. The van der Waals surface area contributed by atoms with Gasteiger partial charge in [-0.25, -0.2) is 9.53 Å². The molecule has 7 nitrogen and oxygen atoms in total. The highest BCUT2D eigenvalue weighted by Crippen LogP contribution is 2.28. The van der Waals surface area contributed by atoms with Crippen LogP contribution < -0.4 is 14.6 Å². The van der Waals surface area contributed by atoms with Crippen LogP contribution in [0.4, 0.5) is 10.1 Å². The molecule has 0 aliphatic heterocycles. The zero-order valence-electron chi connectivity index (χ0n) is 15.8. The lowest BCUT2D eigenvalue weighted by molar-refractivity contribution is 0.103. The second-order valence-electron chi connectivity index (χ2n) is 6.49. The molecule has 29 heavy (non-hydrogen) atoms. The zero-order valence-corrected chi connectivity index (χ0v) is 16.6. The molecule has 1 atom stereocenters. The molecule has 0 radical (unpaired) electrons. The average Bonchev–Trinajstić information content (AvgIpc) is 3.16. The maximum atomic E-state index is 14.5. The molecule has 0 spiro atoms. The van der Waals surface area contributed by atoms with Crippen molar-refractivity contribution in [2.45, 2.75) is 12.8 Å². The normalized spacial score (nSPS) is 12.4. The average molecular weight is 417 g/mol. The van der Waals surface area contributed by atoms with Crippen molar-refractivity contribution in [2.75, 3.05) is 11.8 Å². The monoisotopic (exact) mass is 417 g/mol. The first-order valence-electron chi connectivity index (χ1n) is 8.65. The molecule has 4 N–H and O–H groups in total. The number of benzene rings is 2. The van der Waals surface area contributed by atoms with E-state index in [1.807, 2.05) is 4.72 Å². The Bertz CT molecular complexity index is 1140. The maximum absolute atomic E-state index is 14.5. The number of hydrogen-bond acceptors (Lipinski definition) is 4. The Morgan fingerprint density at radius 1 is 1.14 bits per heavy atom. The zero-order chi connectivity index (χ0) is 21.2. The van der Waals surface area contributed by atoms with E-state index in [1.165, 1.54) is 12.1 Å². The van der Waals surface area contributed by atoms with Gasteiger partial charge in [-0.05, 0) is 54.1 Å². The van der Waals surface area contributed by atoms with Gasteiger partial charge >= 0.3 is 0 Å². The van der Waals surface area contributed by atoms with Gasteiger partial charge in [-0.3, -0.25) is 9.52 Å². The third-order valence-electron chi connectivity index (χ3n) is 4.50. The number of ketones is 1. The molecule has 0 saturated heterocycles. The lowest BCUT2D eigenvalue weighted by Gasteiger charge is -2.13. The SMILES string of the molecule is COc1ccc(C(=O)c2ccc(C(C)c3ccc(NS(N)(=O)=O)cc3F)[nH]2)cc1. The first-order valence-corrected chi connectivity index (χ1v) is 10.2. The van der Waals surface area contributed by atoms with Gasteiger partial charge < -0.3 is 9.72 Å². The minimum atomic E-state index is -3.98. The van der Waals surface area contributed by atoms with Gasteiger partial charge in [0.15, 0.2) is 0 Å². The Hall–Kier alpha value is -3.17. The molecule has 9 heteroatoms. The molecule has 3 rings (SSSR count). The summed E-state index contributed by atoms with van der Waals surface area (Å²) in [4.78, 5) is 15.7. The summed E-state index contributed by atoms with van der Waals surface area (Å²) in [5.74, 6) is -0.530. The van der Waals surface area contributed by atoms with E-state index in [2.05, 4.69) is 4.98 Å². The number of methoxy groups -OCH3 is 1. The molecule has 0 bridgehead atoms. The highest BCUT2D eigenvalue weighted by atomic mass is 32.2. The Morgan fingerprint density at radius 3 is 2.41 bits per heavy atom. The van der Waals surface area contributed by atoms with Crippen molar-refractivity contribution in [3.05, 3.63) is 82.9 Å². The number of aromatic nitrogens is 1. The molecule has 1 unspecified atom stereocenters. The number of anilines is 1. The summed E-state index contributed by atoms with van der Waals surface area (Å²) in [6, 6.07) is 14.1. The van der Waals surface area contributed by atoms with E-state index in [9.17, 15) is 17.6 Å². The fraction of sp³-hybridized carbons (Fsp3) is 0.150. The second kappa shape index (κ2) is 8.06. The number of nitrogens with one attached hydrogen (secondary N) is 2. The molecular formula is C20H20FN3O4S. The van der Waals surface area contributed by atoms with Crippen LogP contribution in [0.3, 0.4) is 0 Å². The van der Waals surface area contributed by atoms with Crippen molar-refractivity contribution in [3.63, 3.8) is 0 Å². The number of aromatic amines is 1. The second-order valence-corrected chi connectivity index (χ2v) is 7.78. The quantitative estimate of drug-likeness (QED) is 0.512. The van der Waals surface area contributed by atoms with E-state index in [-0.39, 0.29) is 11.5 Å². The lowest BCUT2D eigenvalue weighted by atomic mass is 9.97. The summed E-state index contributed by atoms with van der Waals surface area (Å²) in [5.41, 5.74) is 1.90. The Labute approximate surface area is 167 Å². The standard InChI is InChI=1S/C20H20FN3O4S/c1-12(16-8-5-14(11-17(16)21)24-29(22,26)27)18-9-10-19(23-18)20(25)13-3-6-15(28-2)7-4-13/h3-12,23-24H,1-2H3,(H2,22,26,27). The molecule has 2 aromatic carbocycles. The minimum Gasteiger partial charge on any atom is -0.497 e. The van der Waals surface area contributed by atoms with Gasteiger partial charge in [-0.15, -0.1) is 0 Å². The van der Waals surface area contributed by atoms with E-state index in [1.54, 1.807) is 50.4 Å². The van der Waals surface area contributed by atoms with Gasteiger partial charge in [0, 0.05) is 17.2 Å². The molecule has 0 saturated carbocycles. The predicted octanol–water partition coefficient (Wildman–Crippen LogP) is 3.16. The molecule has 0 aliphatic carbocycles. The van der Waals surface area contributed by atoms with Crippen LogP contribution in [0.5, 0.6) is 5.75 Å². The highest BCUT2D eigenvalue weighted by molar-refractivity contribution is 7.90. The lowest BCUT2D eigenvalue weighted by Crippen LogP contribution is -2.21.